The van der Waals surface area contributed by atoms with E-state index in [1.54, 1.807) is 6.26 Å². The first-order valence-corrected chi connectivity index (χ1v) is 5.79. The van der Waals surface area contributed by atoms with Crippen LogP contribution < -0.4 is 15.2 Å². The second-order valence-electron chi connectivity index (χ2n) is 4.40. The van der Waals surface area contributed by atoms with Crippen molar-refractivity contribution in [3.8, 4) is 5.75 Å². The molecule has 0 aliphatic carbocycles. The summed E-state index contributed by atoms with van der Waals surface area (Å²) in [5.41, 5.74) is 2.80. The fraction of sp³-hybridized carbons (Fsp3) is 0.0714. The van der Waals surface area contributed by atoms with Crippen molar-refractivity contribution in [2.75, 3.05) is 11.4 Å². The van der Waals surface area contributed by atoms with Gasteiger partial charge < -0.3 is 14.6 Å². The van der Waals surface area contributed by atoms with Gasteiger partial charge in [0.1, 0.15) is 6.26 Å². The molecule has 4 nitrogen and oxygen atoms in total. The van der Waals surface area contributed by atoms with Crippen molar-refractivity contribution in [3.05, 3.63) is 58.7 Å². The van der Waals surface area contributed by atoms with Crippen molar-refractivity contribution in [1.29, 1.82) is 0 Å². The molecule has 18 heavy (non-hydrogen) atoms. The smallest absolute Gasteiger partial charge is 0.248 e. The molecular formula is C14H10N2O2. The third-order valence-corrected chi connectivity index (χ3v) is 3.29. The van der Waals surface area contributed by atoms with E-state index in [0.717, 1.165) is 34.6 Å². The Morgan fingerprint density at radius 1 is 1.28 bits per heavy atom. The summed E-state index contributed by atoms with van der Waals surface area (Å²) in [6.45, 7) is 0.858. The molecule has 0 bridgehead atoms. The number of rotatable bonds is 0. The Morgan fingerprint density at radius 2 is 2.22 bits per heavy atom. The highest BCUT2D eigenvalue weighted by atomic mass is 16.5. The van der Waals surface area contributed by atoms with Gasteiger partial charge >= 0.3 is 0 Å². The summed E-state index contributed by atoms with van der Waals surface area (Å²) in [7, 11) is 0. The van der Waals surface area contributed by atoms with E-state index in [9.17, 15) is 4.79 Å². The van der Waals surface area contributed by atoms with E-state index >= 15 is 0 Å². The Kier molecular flexibility index (Phi) is 1.73. The van der Waals surface area contributed by atoms with Crippen LogP contribution in [0.1, 0.15) is 0 Å². The Bertz CT molecular complexity index is 771. The van der Waals surface area contributed by atoms with Crippen LogP contribution in [0.15, 0.2) is 53.2 Å². The van der Waals surface area contributed by atoms with E-state index in [2.05, 4.69) is 16.0 Å². The van der Waals surface area contributed by atoms with Gasteiger partial charge in [0.05, 0.1) is 16.9 Å². The molecular weight excluding hydrogens is 228 g/mol. The summed E-state index contributed by atoms with van der Waals surface area (Å²) in [5, 5.41) is 1.00. The molecule has 0 amide bonds. The topological polar surface area (TPSA) is 45.3 Å². The molecule has 88 valence electrons. The van der Waals surface area contributed by atoms with Crippen LogP contribution in [-0.4, -0.2) is 11.5 Å². The van der Waals surface area contributed by atoms with Crippen LogP contribution in [-0.2, 0) is 0 Å². The number of allylic oxidation sites excluding steroid dienone is 1. The van der Waals surface area contributed by atoms with Crippen molar-refractivity contribution in [2.24, 2.45) is 0 Å². The number of ether oxygens (including phenoxy) is 1. The van der Waals surface area contributed by atoms with Gasteiger partial charge in [-0.3, -0.25) is 4.79 Å². The maximum absolute atomic E-state index is 11.3. The number of aromatic nitrogens is 1. The van der Waals surface area contributed by atoms with Crippen LogP contribution in [0.2, 0.25) is 0 Å². The number of aromatic amines is 1. The molecule has 2 aliphatic rings. The lowest BCUT2D eigenvalue weighted by Crippen LogP contribution is -2.21. The van der Waals surface area contributed by atoms with E-state index in [4.69, 9.17) is 4.74 Å². The van der Waals surface area contributed by atoms with Crippen molar-refractivity contribution in [1.82, 2.24) is 4.98 Å². The van der Waals surface area contributed by atoms with Gasteiger partial charge in [0.2, 0.25) is 5.56 Å². The number of fused-ring (bicyclic) bond motifs is 4. The van der Waals surface area contributed by atoms with E-state index in [-0.39, 0.29) is 5.56 Å². The zero-order valence-corrected chi connectivity index (χ0v) is 9.51. The highest BCUT2D eigenvalue weighted by molar-refractivity contribution is 5.87. The average molecular weight is 238 g/mol. The number of benzene rings is 1. The van der Waals surface area contributed by atoms with E-state index in [1.807, 2.05) is 24.3 Å². The van der Waals surface area contributed by atoms with E-state index in [1.165, 1.54) is 6.07 Å². The lowest BCUT2D eigenvalue weighted by atomic mass is 10.1. The molecule has 4 heteroatoms. The zero-order valence-electron chi connectivity index (χ0n) is 9.51. The Hall–Kier alpha value is -2.49. The van der Waals surface area contributed by atoms with Gasteiger partial charge in [-0.25, -0.2) is 0 Å². The molecule has 2 aromatic rings. The predicted octanol–water partition coefficient (Wildman–Crippen LogP) is 2.14. The number of nitrogens with one attached hydrogen (secondary N) is 1. The first-order chi connectivity index (χ1) is 8.81. The standard InChI is InChI=1S/C14H10N2O2/c17-14-4-3-9-6-12-13(7-11(9)15-14)18-8-10-2-1-5-16(10)12/h1-4,6-8H,5H2,(H,15,17). The van der Waals surface area contributed by atoms with Gasteiger partial charge in [-0.15, -0.1) is 0 Å². The fourth-order valence-electron chi connectivity index (χ4n) is 2.41. The lowest BCUT2D eigenvalue weighted by molar-refractivity contribution is 0.467. The predicted molar refractivity (Wildman–Crippen MR) is 69.8 cm³/mol. The van der Waals surface area contributed by atoms with Crippen molar-refractivity contribution in [3.63, 3.8) is 0 Å². The zero-order chi connectivity index (χ0) is 12.1. The summed E-state index contributed by atoms with van der Waals surface area (Å²) in [5.74, 6) is 0.775. The third kappa shape index (κ3) is 1.23. The number of pyridine rings is 1. The molecule has 0 spiro atoms. The second-order valence-corrected chi connectivity index (χ2v) is 4.40. The molecule has 0 saturated heterocycles. The highest BCUT2D eigenvalue weighted by Crippen LogP contribution is 2.39. The van der Waals surface area contributed by atoms with Gasteiger partial charge in [0, 0.05) is 24.1 Å². The molecule has 0 fully saturated rings. The van der Waals surface area contributed by atoms with Crippen LogP contribution in [0.25, 0.3) is 10.9 Å². The van der Waals surface area contributed by atoms with Gasteiger partial charge in [-0.05, 0) is 18.2 Å². The summed E-state index contributed by atoms with van der Waals surface area (Å²) in [6, 6.07) is 7.28. The normalized spacial score (nSPS) is 16.2. The molecule has 0 unspecified atom stereocenters. The van der Waals surface area contributed by atoms with Gasteiger partial charge in [0.15, 0.2) is 5.75 Å². The number of hydrogen-bond acceptors (Lipinski definition) is 3. The van der Waals surface area contributed by atoms with Crippen LogP contribution >= 0.6 is 0 Å². The van der Waals surface area contributed by atoms with E-state index in [0.29, 0.717) is 0 Å². The van der Waals surface area contributed by atoms with Gasteiger partial charge in [0.25, 0.3) is 0 Å². The average Bonchev–Trinajstić information content (AvgIpc) is 2.85. The summed E-state index contributed by atoms with van der Waals surface area (Å²) >= 11 is 0. The molecule has 4 rings (SSSR count). The molecule has 0 atom stereocenters. The molecule has 2 aliphatic heterocycles. The van der Waals surface area contributed by atoms with Crippen molar-refractivity contribution < 1.29 is 4.74 Å². The van der Waals surface area contributed by atoms with Crippen LogP contribution in [0, 0.1) is 0 Å². The van der Waals surface area contributed by atoms with Crippen LogP contribution in [0.5, 0.6) is 5.75 Å². The maximum Gasteiger partial charge on any atom is 0.248 e. The number of hydrogen-bond donors (Lipinski definition) is 1. The Labute approximate surface area is 103 Å². The summed E-state index contributed by atoms with van der Waals surface area (Å²) in [4.78, 5) is 16.3. The lowest BCUT2D eigenvalue weighted by Gasteiger charge is -2.26. The van der Waals surface area contributed by atoms with Crippen LogP contribution in [0.4, 0.5) is 5.69 Å². The maximum atomic E-state index is 11.3. The minimum atomic E-state index is -0.0997. The first kappa shape index (κ1) is 9.53. The number of anilines is 1. The van der Waals surface area contributed by atoms with E-state index < -0.39 is 0 Å². The second kappa shape index (κ2) is 3.26. The largest absolute Gasteiger partial charge is 0.461 e. The Balaban J connectivity index is 1.98. The Morgan fingerprint density at radius 3 is 3.17 bits per heavy atom. The first-order valence-electron chi connectivity index (χ1n) is 5.79. The SMILES string of the molecule is O=c1ccc2cc3c(cc2[nH]1)OC=C1C=CCN13. The minimum absolute atomic E-state index is 0.0997. The fourth-order valence-corrected chi connectivity index (χ4v) is 2.41. The quantitative estimate of drug-likeness (QED) is 0.764. The molecule has 1 aromatic heterocycles. The van der Waals surface area contributed by atoms with Crippen molar-refractivity contribution in [2.45, 2.75) is 0 Å². The van der Waals surface area contributed by atoms with Crippen LogP contribution in [0.3, 0.4) is 0 Å². The molecule has 1 N–H and O–H groups in total. The minimum Gasteiger partial charge on any atom is -0.461 e. The third-order valence-electron chi connectivity index (χ3n) is 3.29. The highest BCUT2D eigenvalue weighted by Gasteiger charge is 2.22. The molecule has 0 saturated carbocycles. The molecule has 0 radical (unpaired) electrons. The van der Waals surface area contributed by atoms with Gasteiger partial charge in [-0.1, -0.05) is 6.08 Å². The number of H-pyrrole nitrogens is 1. The van der Waals surface area contributed by atoms with Crippen molar-refractivity contribution >= 4 is 16.6 Å². The molecule has 1 aromatic carbocycles. The van der Waals surface area contributed by atoms with Gasteiger partial charge in [-0.2, -0.15) is 0 Å². The molecule has 3 heterocycles. The monoisotopic (exact) mass is 238 g/mol. The number of nitrogens with zero attached hydrogens (tertiary/aromatic N) is 1. The summed E-state index contributed by atoms with van der Waals surface area (Å²) < 4.78 is 5.61. The summed E-state index contributed by atoms with van der Waals surface area (Å²) in [6.07, 6.45) is 5.88.